The molecule has 2 aromatic rings. The molecule has 1 saturated carbocycles. The van der Waals surface area contributed by atoms with Crippen LogP contribution in [0.15, 0.2) is 10.9 Å². The normalized spacial score (nSPS) is 14.8. The number of hydrogen-bond acceptors (Lipinski definition) is 5. The largest absolute Gasteiger partial charge is 0.494 e. The Morgan fingerprint density at radius 1 is 1.46 bits per heavy atom. The fourth-order valence-electron chi connectivity index (χ4n) is 2.55. The van der Waals surface area contributed by atoms with Crippen LogP contribution in [-0.4, -0.2) is 37.5 Å². The van der Waals surface area contributed by atoms with Crippen LogP contribution in [0.4, 0.5) is 0 Å². The van der Waals surface area contributed by atoms with Gasteiger partial charge in [-0.3, -0.25) is 19.0 Å². The van der Waals surface area contributed by atoms with E-state index in [0.29, 0.717) is 12.8 Å². The number of fused-ring (bicyclic) bond motifs is 1. The molecule has 3 rings (SSSR count). The summed E-state index contributed by atoms with van der Waals surface area (Å²) in [4.78, 5) is 36.0. The molecular weight excluding hydrogens is 312 g/mol. The van der Waals surface area contributed by atoms with Crippen LogP contribution in [0.5, 0.6) is 5.88 Å². The summed E-state index contributed by atoms with van der Waals surface area (Å²) in [5.41, 5.74) is -0.979. The zero-order chi connectivity index (χ0) is 17.6. The topological polar surface area (TPSA) is 106 Å². The molecule has 0 unspecified atom stereocenters. The highest BCUT2D eigenvalue weighted by molar-refractivity contribution is 5.96. The molecule has 128 valence electrons. The molecule has 1 aliphatic carbocycles. The van der Waals surface area contributed by atoms with Crippen molar-refractivity contribution in [3.63, 3.8) is 0 Å². The van der Waals surface area contributed by atoms with E-state index in [4.69, 9.17) is 0 Å². The lowest BCUT2D eigenvalue weighted by Crippen LogP contribution is -2.35. The Labute approximate surface area is 138 Å². The number of hydrogen-bond donors (Lipinski definition) is 2. The van der Waals surface area contributed by atoms with Gasteiger partial charge in [0, 0.05) is 18.7 Å². The van der Waals surface area contributed by atoms with Gasteiger partial charge in [0.25, 0.3) is 11.5 Å². The number of aldehydes is 1. The predicted octanol–water partition coefficient (Wildman–Crippen LogP) is 0.952. The van der Waals surface area contributed by atoms with Gasteiger partial charge in [-0.15, -0.1) is 0 Å². The Morgan fingerprint density at radius 2 is 2.12 bits per heavy atom. The smallest absolute Gasteiger partial charge is 0.291 e. The van der Waals surface area contributed by atoms with E-state index in [2.05, 4.69) is 10.4 Å². The van der Waals surface area contributed by atoms with Gasteiger partial charge in [-0.1, -0.05) is 20.8 Å². The van der Waals surface area contributed by atoms with Crippen molar-refractivity contribution in [2.24, 2.45) is 5.41 Å². The highest BCUT2D eigenvalue weighted by Gasteiger charge is 2.30. The van der Waals surface area contributed by atoms with Crippen molar-refractivity contribution in [3.8, 4) is 5.88 Å². The minimum absolute atomic E-state index is 0.0474. The average molecular weight is 332 g/mol. The molecule has 2 aromatic heterocycles. The summed E-state index contributed by atoms with van der Waals surface area (Å²) in [6.45, 7) is 6.22. The molecule has 0 saturated heterocycles. The van der Waals surface area contributed by atoms with Crippen molar-refractivity contribution in [2.75, 3.05) is 0 Å². The molecule has 8 nitrogen and oxygen atoms in total. The van der Waals surface area contributed by atoms with Crippen molar-refractivity contribution < 1.29 is 14.7 Å². The maximum Gasteiger partial charge on any atom is 0.291 e. The quantitative estimate of drug-likeness (QED) is 0.811. The van der Waals surface area contributed by atoms with E-state index in [1.54, 1.807) is 0 Å². The van der Waals surface area contributed by atoms with Crippen LogP contribution in [0, 0.1) is 5.41 Å². The fourth-order valence-corrected chi connectivity index (χ4v) is 2.55. The average Bonchev–Trinajstić information content (AvgIpc) is 3.17. The van der Waals surface area contributed by atoms with Gasteiger partial charge in [-0.25, -0.2) is 0 Å². The van der Waals surface area contributed by atoms with Crippen molar-refractivity contribution >= 4 is 17.8 Å². The van der Waals surface area contributed by atoms with Crippen molar-refractivity contribution in [3.05, 3.63) is 27.7 Å². The SMILES string of the molecule is CC(C)(C)Cn1c(O)c(C(=O)NC2CC2)c(=O)n2nc(C=O)cc12. The van der Waals surface area contributed by atoms with Gasteiger partial charge < -0.3 is 10.4 Å². The Morgan fingerprint density at radius 3 is 2.67 bits per heavy atom. The molecule has 1 amide bonds. The van der Waals surface area contributed by atoms with Crippen LogP contribution in [0.25, 0.3) is 5.65 Å². The first kappa shape index (κ1) is 16.2. The summed E-state index contributed by atoms with van der Waals surface area (Å²) in [6, 6.07) is 1.47. The molecule has 0 bridgehead atoms. The number of aromatic nitrogens is 3. The third kappa shape index (κ3) is 2.91. The predicted molar refractivity (Wildman–Crippen MR) is 86.4 cm³/mol. The molecule has 0 aromatic carbocycles. The van der Waals surface area contributed by atoms with E-state index in [1.165, 1.54) is 10.6 Å². The van der Waals surface area contributed by atoms with Crippen LogP contribution in [0.1, 0.15) is 54.5 Å². The Bertz CT molecular complexity index is 884. The van der Waals surface area contributed by atoms with Gasteiger partial charge >= 0.3 is 0 Å². The van der Waals surface area contributed by atoms with E-state index >= 15 is 0 Å². The second-order valence-corrected chi connectivity index (χ2v) is 7.36. The van der Waals surface area contributed by atoms with E-state index in [-0.39, 0.29) is 28.4 Å². The van der Waals surface area contributed by atoms with Gasteiger partial charge in [0.2, 0.25) is 5.88 Å². The van der Waals surface area contributed by atoms with Crippen molar-refractivity contribution in [1.29, 1.82) is 0 Å². The maximum atomic E-state index is 12.6. The molecule has 2 N–H and O–H groups in total. The number of nitrogens with zero attached hydrogens (tertiary/aromatic N) is 3. The number of carbonyl (C=O) groups is 2. The molecule has 0 radical (unpaired) electrons. The van der Waals surface area contributed by atoms with Gasteiger partial charge in [0.15, 0.2) is 11.8 Å². The van der Waals surface area contributed by atoms with Crippen LogP contribution in [0.3, 0.4) is 0 Å². The number of carbonyl (C=O) groups excluding carboxylic acids is 2. The summed E-state index contributed by atoms with van der Waals surface area (Å²) in [5, 5.41) is 17.2. The van der Waals surface area contributed by atoms with Gasteiger partial charge in [-0.2, -0.15) is 9.61 Å². The second kappa shape index (κ2) is 5.47. The summed E-state index contributed by atoms with van der Waals surface area (Å²) < 4.78 is 2.44. The van der Waals surface area contributed by atoms with Crippen LogP contribution in [-0.2, 0) is 6.54 Å². The Kier molecular flexibility index (Phi) is 3.70. The second-order valence-electron chi connectivity index (χ2n) is 7.36. The van der Waals surface area contributed by atoms with Gasteiger partial charge in [-0.05, 0) is 18.3 Å². The van der Waals surface area contributed by atoms with E-state index < -0.39 is 17.3 Å². The molecule has 0 spiro atoms. The summed E-state index contributed by atoms with van der Waals surface area (Å²) in [5.74, 6) is -1.02. The third-order valence-electron chi connectivity index (χ3n) is 3.76. The lowest BCUT2D eigenvalue weighted by molar-refractivity contribution is 0.0944. The first-order valence-corrected chi connectivity index (χ1v) is 7.83. The zero-order valence-corrected chi connectivity index (χ0v) is 13.9. The molecule has 1 fully saturated rings. The lowest BCUT2D eigenvalue weighted by atomic mass is 9.96. The fraction of sp³-hybridized carbons (Fsp3) is 0.500. The maximum absolute atomic E-state index is 12.6. The molecule has 0 aliphatic heterocycles. The highest BCUT2D eigenvalue weighted by Crippen LogP contribution is 2.26. The van der Waals surface area contributed by atoms with Crippen LogP contribution >= 0.6 is 0 Å². The minimum Gasteiger partial charge on any atom is -0.494 e. The molecule has 2 heterocycles. The number of nitrogens with one attached hydrogen (secondary N) is 1. The summed E-state index contributed by atoms with van der Waals surface area (Å²) >= 11 is 0. The zero-order valence-electron chi connectivity index (χ0n) is 13.9. The molecule has 24 heavy (non-hydrogen) atoms. The monoisotopic (exact) mass is 332 g/mol. The molecular formula is C16H20N4O4. The Hall–Kier alpha value is -2.64. The standard InChI is InChI=1S/C16H20N4O4/c1-16(2,3)8-19-11-6-10(7-21)18-20(11)15(24)12(14(19)23)13(22)17-9-4-5-9/h6-7,9,23H,4-5,8H2,1-3H3,(H,17,22). The van der Waals surface area contributed by atoms with Crippen LogP contribution in [0.2, 0.25) is 0 Å². The minimum atomic E-state index is -0.737. The third-order valence-corrected chi connectivity index (χ3v) is 3.76. The van der Waals surface area contributed by atoms with E-state index in [9.17, 15) is 19.5 Å². The lowest BCUT2D eigenvalue weighted by Gasteiger charge is -2.23. The Balaban J connectivity index is 2.25. The first-order valence-electron chi connectivity index (χ1n) is 7.83. The first-order chi connectivity index (χ1) is 11.2. The van der Waals surface area contributed by atoms with Crippen LogP contribution < -0.4 is 10.9 Å². The van der Waals surface area contributed by atoms with E-state index in [0.717, 1.165) is 17.4 Å². The number of amides is 1. The molecule has 1 aliphatic rings. The molecule has 8 heteroatoms. The summed E-state index contributed by atoms with van der Waals surface area (Å²) in [7, 11) is 0. The summed E-state index contributed by atoms with van der Waals surface area (Å²) in [6.07, 6.45) is 2.25. The molecule has 0 atom stereocenters. The number of rotatable bonds is 4. The van der Waals surface area contributed by atoms with Gasteiger partial charge in [0.1, 0.15) is 11.3 Å². The number of aromatic hydroxyl groups is 1. The van der Waals surface area contributed by atoms with Crippen molar-refractivity contribution in [2.45, 2.75) is 46.2 Å². The highest BCUT2D eigenvalue weighted by atomic mass is 16.3. The van der Waals surface area contributed by atoms with Crippen molar-refractivity contribution in [1.82, 2.24) is 19.5 Å². The van der Waals surface area contributed by atoms with E-state index in [1.807, 2.05) is 20.8 Å². The van der Waals surface area contributed by atoms with Gasteiger partial charge in [0.05, 0.1) is 0 Å².